The van der Waals surface area contributed by atoms with Crippen LogP contribution in [-0.4, -0.2) is 33.5 Å². The van der Waals surface area contributed by atoms with Crippen LogP contribution >= 0.6 is 0 Å². The number of nitrogens with zero attached hydrogens (tertiary/aromatic N) is 3. The molecule has 34 heavy (non-hydrogen) atoms. The van der Waals surface area contributed by atoms with Gasteiger partial charge in [0.2, 0.25) is 5.91 Å². The first-order valence-corrected chi connectivity index (χ1v) is 10.5. The highest BCUT2D eigenvalue weighted by Gasteiger charge is 2.49. The van der Waals surface area contributed by atoms with Gasteiger partial charge in [-0.25, -0.2) is 0 Å². The van der Waals surface area contributed by atoms with E-state index < -0.39 is 17.3 Å². The molecule has 8 nitrogen and oxygen atoms in total. The summed E-state index contributed by atoms with van der Waals surface area (Å²) >= 11 is 0. The number of carbonyl (C=O) groups is 1. The second-order valence-corrected chi connectivity index (χ2v) is 7.76. The number of alkyl halides is 3. The molecule has 0 radical (unpaired) electrons. The molecule has 2 aromatic heterocycles. The maximum atomic E-state index is 13.4. The van der Waals surface area contributed by atoms with Crippen molar-refractivity contribution < 1.29 is 27.4 Å². The fourth-order valence-electron chi connectivity index (χ4n) is 3.28. The number of ether oxygens (including phenoxy) is 2. The number of rotatable bonds is 9. The molecule has 0 saturated heterocycles. The van der Waals surface area contributed by atoms with Gasteiger partial charge in [-0.1, -0.05) is 0 Å². The molecule has 2 heterocycles. The molecule has 0 bridgehead atoms. The molecule has 1 saturated carbocycles. The largest absolute Gasteiger partial charge is 0.497 e. The Morgan fingerprint density at radius 1 is 1.03 bits per heavy atom. The maximum Gasteiger partial charge on any atom is 0.420 e. The number of halogens is 3. The highest BCUT2D eigenvalue weighted by atomic mass is 19.4. The van der Waals surface area contributed by atoms with Gasteiger partial charge >= 0.3 is 6.18 Å². The zero-order chi connectivity index (χ0) is 24.2. The predicted molar refractivity (Wildman–Crippen MR) is 115 cm³/mol. The van der Waals surface area contributed by atoms with Crippen LogP contribution in [0.5, 0.6) is 17.2 Å². The fourth-order valence-corrected chi connectivity index (χ4v) is 3.28. The topological polar surface area (TPSA) is 98.3 Å². The Labute approximate surface area is 193 Å². The summed E-state index contributed by atoms with van der Waals surface area (Å²) in [6.45, 7) is 0.598. The number of pyridine rings is 1. The van der Waals surface area contributed by atoms with E-state index in [0.29, 0.717) is 25.1 Å². The van der Waals surface area contributed by atoms with Gasteiger partial charge in [0.05, 0.1) is 36.8 Å². The lowest BCUT2D eigenvalue weighted by Gasteiger charge is -2.17. The third kappa shape index (κ3) is 5.60. The number of hydrogen-bond donors (Lipinski definition) is 2. The average molecular weight is 473 g/mol. The summed E-state index contributed by atoms with van der Waals surface area (Å²) in [7, 11) is 1.29. The van der Waals surface area contributed by atoms with E-state index in [4.69, 9.17) is 9.47 Å². The number of hydrogen-bond acceptors (Lipinski definition) is 7. The van der Waals surface area contributed by atoms with Gasteiger partial charge in [-0.2, -0.15) is 13.2 Å². The molecule has 2 N–H and O–H groups in total. The van der Waals surface area contributed by atoms with Crippen LogP contribution in [0.25, 0.3) is 0 Å². The molecule has 1 amide bonds. The monoisotopic (exact) mass is 473 g/mol. The van der Waals surface area contributed by atoms with Gasteiger partial charge < -0.3 is 14.8 Å². The summed E-state index contributed by atoms with van der Waals surface area (Å²) < 4.78 is 50.4. The highest BCUT2D eigenvalue weighted by molar-refractivity contribution is 5.89. The van der Waals surface area contributed by atoms with Crippen molar-refractivity contribution in [3.05, 3.63) is 72.1 Å². The molecule has 3 aromatic rings. The summed E-state index contributed by atoms with van der Waals surface area (Å²) in [5.41, 5.74) is -0.310. The first-order chi connectivity index (χ1) is 16.3. The number of benzene rings is 1. The molecule has 178 valence electrons. The van der Waals surface area contributed by atoms with E-state index in [1.54, 1.807) is 24.7 Å². The van der Waals surface area contributed by atoms with Crippen LogP contribution in [0.4, 0.5) is 13.2 Å². The number of methoxy groups -OCH3 is 1. The molecule has 4 rings (SSSR count). The van der Waals surface area contributed by atoms with E-state index in [1.165, 1.54) is 31.5 Å². The van der Waals surface area contributed by atoms with Crippen LogP contribution in [0, 0.1) is 0 Å². The minimum Gasteiger partial charge on any atom is -0.497 e. The Morgan fingerprint density at radius 3 is 2.44 bits per heavy atom. The Balaban J connectivity index is 1.33. The minimum absolute atomic E-state index is 0.0727. The zero-order valence-electron chi connectivity index (χ0n) is 18.2. The van der Waals surface area contributed by atoms with Crippen LogP contribution < -0.4 is 20.1 Å². The summed E-state index contributed by atoms with van der Waals surface area (Å²) in [6, 6.07) is 6.53. The first-order valence-electron chi connectivity index (χ1n) is 10.5. The molecular formula is C23H22F3N5O3. The van der Waals surface area contributed by atoms with Crippen molar-refractivity contribution >= 4 is 5.91 Å². The average Bonchev–Trinajstić information content (AvgIpc) is 3.64. The maximum absolute atomic E-state index is 13.4. The first kappa shape index (κ1) is 23.4. The summed E-state index contributed by atoms with van der Waals surface area (Å²) in [5.74, 6) is -0.300. The van der Waals surface area contributed by atoms with E-state index in [1.807, 2.05) is 0 Å². The highest BCUT2D eigenvalue weighted by Crippen LogP contribution is 2.40. The van der Waals surface area contributed by atoms with Crippen molar-refractivity contribution in [3.8, 4) is 17.2 Å². The standard InChI is InChI=1S/C23H22F3N5O3/c1-33-17-4-5-20(19(10-17)23(24,25)26)34-18-3-2-15(29-14-18)12-30-21(32)22(6-7-22)31-13-16-11-27-8-9-28-16/h2-5,8-11,14,31H,6-7,12-13H2,1H3,(H,30,32). The number of nitrogens with one attached hydrogen (secondary N) is 2. The quantitative estimate of drug-likeness (QED) is 0.490. The Kier molecular flexibility index (Phi) is 6.64. The molecule has 0 aliphatic heterocycles. The normalized spacial score (nSPS) is 14.4. The van der Waals surface area contributed by atoms with E-state index in [-0.39, 0.29) is 29.7 Å². The van der Waals surface area contributed by atoms with Crippen molar-refractivity contribution in [1.82, 2.24) is 25.6 Å². The zero-order valence-corrected chi connectivity index (χ0v) is 18.2. The Bertz CT molecular complexity index is 1140. The molecule has 11 heteroatoms. The third-order valence-corrected chi connectivity index (χ3v) is 5.36. The number of carbonyl (C=O) groups excluding carboxylic acids is 1. The molecular weight excluding hydrogens is 451 g/mol. The van der Waals surface area contributed by atoms with Gasteiger partial charge in [-0.3, -0.25) is 25.1 Å². The summed E-state index contributed by atoms with van der Waals surface area (Å²) in [6.07, 6.45) is 2.93. The van der Waals surface area contributed by atoms with Gasteiger partial charge in [-0.05, 0) is 43.2 Å². The van der Waals surface area contributed by atoms with E-state index in [2.05, 4.69) is 25.6 Å². The van der Waals surface area contributed by atoms with Crippen molar-refractivity contribution in [2.45, 2.75) is 37.6 Å². The van der Waals surface area contributed by atoms with Gasteiger partial charge in [0.15, 0.2) is 0 Å². The smallest absolute Gasteiger partial charge is 0.420 e. The summed E-state index contributed by atoms with van der Waals surface area (Å²) in [4.78, 5) is 25.0. The molecule has 0 unspecified atom stereocenters. The van der Waals surface area contributed by atoms with Crippen LogP contribution in [0.2, 0.25) is 0 Å². The van der Waals surface area contributed by atoms with Crippen LogP contribution in [-0.2, 0) is 24.1 Å². The van der Waals surface area contributed by atoms with E-state index in [9.17, 15) is 18.0 Å². The van der Waals surface area contributed by atoms with Crippen molar-refractivity contribution in [2.75, 3.05) is 7.11 Å². The minimum atomic E-state index is -4.61. The lowest BCUT2D eigenvalue weighted by Crippen LogP contribution is -2.46. The van der Waals surface area contributed by atoms with Gasteiger partial charge in [-0.15, -0.1) is 0 Å². The lowest BCUT2D eigenvalue weighted by atomic mass is 10.2. The van der Waals surface area contributed by atoms with E-state index >= 15 is 0 Å². The SMILES string of the molecule is COc1ccc(Oc2ccc(CNC(=O)C3(NCc4cnccn4)CC3)nc2)c(C(F)(F)F)c1. The van der Waals surface area contributed by atoms with Crippen LogP contribution in [0.1, 0.15) is 29.8 Å². The molecule has 0 spiro atoms. The number of amides is 1. The second-order valence-electron chi connectivity index (χ2n) is 7.76. The van der Waals surface area contributed by atoms with Crippen molar-refractivity contribution in [3.63, 3.8) is 0 Å². The lowest BCUT2D eigenvalue weighted by molar-refractivity contribution is -0.138. The molecule has 1 aliphatic carbocycles. The number of aromatic nitrogens is 3. The second kappa shape index (κ2) is 9.64. The molecule has 1 aromatic carbocycles. The molecule has 1 aliphatic rings. The van der Waals surface area contributed by atoms with Gasteiger partial charge in [0.1, 0.15) is 22.8 Å². The van der Waals surface area contributed by atoms with Crippen molar-refractivity contribution in [2.24, 2.45) is 0 Å². The van der Waals surface area contributed by atoms with E-state index in [0.717, 1.165) is 11.8 Å². The van der Waals surface area contributed by atoms with Gasteiger partial charge in [0.25, 0.3) is 0 Å². The fraction of sp³-hybridized carbons (Fsp3) is 0.304. The summed E-state index contributed by atoms with van der Waals surface area (Å²) in [5, 5.41) is 6.07. The molecule has 0 atom stereocenters. The Hall–Kier alpha value is -3.73. The van der Waals surface area contributed by atoms with Crippen LogP contribution in [0.15, 0.2) is 55.1 Å². The third-order valence-electron chi connectivity index (χ3n) is 5.36. The van der Waals surface area contributed by atoms with Crippen molar-refractivity contribution in [1.29, 1.82) is 0 Å². The Morgan fingerprint density at radius 2 is 1.82 bits per heavy atom. The van der Waals surface area contributed by atoms with Crippen LogP contribution in [0.3, 0.4) is 0 Å². The van der Waals surface area contributed by atoms with Gasteiger partial charge in [0, 0.05) is 25.1 Å². The predicted octanol–water partition coefficient (Wildman–Crippen LogP) is 3.63. The molecule has 1 fully saturated rings.